The topological polar surface area (TPSA) is 63.1 Å². The molecule has 0 saturated carbocycles. The van der Waals surface area contributed by atoms with Crippen LogP contribution >= 0.6 is 11.3 Å². The Balaban J connectivity index is 2.62. The van der Waals surface area contributed by atoms with Gasteiger partial charge in [-0.1, -0.05) is 0 Å². The van der Waals surface area contributed by atoms with Crippen molar-refractivity contribution in [3.05, 3.63) is 34.1 Å². The van der Waals surface area contributed by atoms with Gasteiger partial charge in [-0.05, 0) is 26.0 Å². The number of pyridine rings is 1. The molecule has 0 aliphatic carbocycles. The van der Waals surface area contributed by atoms with Gasteiger partial charge in [0, 0.05) is 17.0 Å². The molecular formula is C12H9F3N2O2S. The third kappa shape index (κ3) is 2.79. The van der Waals surface area contributed by atoms with Gasteiger partial charge in [-0.3, -0.25) is 4.98 Å². The van der Waals surface area contributed by atoms with Gasteiger partial charge in [0.1, 0.15) is 9.88 Å². The maximum atomic E-state index is 12.8. The molecule has 0 bridgehead atoms. The van der Waals surface area contributed by atoms with Crippen molar-refractivity contribution in [1.29, 1.82) is 0 Å². The van der Waals surface area contributed by atoms with E-state index in [1.807, 2.05) is 0 Å². The quantitative estimate of drug-likeness (QED) is 0.921. The van der Waals surface area contributed by atoms with Crippen LogP contribution in [0.2, 0.25) is 0 Å². The second-order valence-electron chi connectivity index (χ2n) is 4.14. The second kappa shape index (κ2) is 4.86. The lowest BCUT2D eigenvalue weighted by atomic mass is 10.2. The zero-order valence-electron chi connectivity index (χ0n) is 10.4. The Morgan fingerprint density at radius 1 is 1.20 bits per heavy atom. The predicted molar refractivity (Wildman–Crippen MR) is 66.8 cm³/mol. The summed E-state index contributed by atoms with van der Waals surface area (Å²) in [6.07, 6.45) is -4.79. The number of carboxylic acids is 1. The molecule has 8 heteroatoms. The van der Waals surface area contributed by atoms with Gasteiger partial charge >= 0.3 is 12.1 Å². The molecule has 0 aliphatic rings. The number of hydrogen-bond acceptors (Lipinski definition) is 4. The highest BCUT2D eigenvalue weighted by Gasteiger charge is 2.39. The number of carboxylic acid groups (broad SMARTS) is 1. The first-order valence-electron chi connectivity index (χ1n) is 5.45. The molecule has 0 atom stereocenters. The van der Waals surface area contributed by atoms with Crippen molar-refractivity contribution < 1.29 is 23.1 Å². The first-order chi connectivity index (χ1) is 9.18. The van der Waals surface area contributed by atoms with E-state index < -0.39 is 22.7 Å². The number of alkyl halides is 3. The van der Waals surface area contributed by atoms with Gasteiger partial charge < -0.3 is 5.11 Å². The summed E-state index contributed by atoms with van der Waals surface area (Å²) in [7, 11) is 0. The SMILES string of the molecule is Cc1cc(-c2nc(C(F)(F)F)c(C(=O)O)s2)cc(C)n1. The van der Waals surface area contributed by atoms with Gasteiger partial charge in [0.15, 0.2) is 5.69 Å². The van der Waals surface area contributed by atoms with Crippen molar-refractivity contribution in [2.24, 2.45) is 0 Å². The van der Waals surface area contributed by atoms with Gasteiger partial charge in [0.05, 0.1) is 0 Å². The number of thiazole rings is 1. The van der Waals surface area contributed by atoms with Crippen LogP contribution in [0.25, 0.3) is 10.6 Å². The third-order valence-electron chi connectivity index (χ3n) is 2.42. The Kier molecular flexibility index (Phi) is 3.51. The number of carbonyl (C=O) groups is 1. The standard InChI is InChI=1S/C12H9F3N2O2S/c1-5-3-7(4-6(2)16-5)10-17-9(12(13,14)15)8(20-10)11(18)19/h3-4H,1-2H3,(H,18,19). The lowest BCUT2D eigenvalue weighted by Gasteiger charge is -2.03. The fraction of sp³-hybridized carbons (Fsp3) is 0.250. The number of hydrogen-bond donors (Lipinski definition) is 1. The van der Waals surface area contributed by atoms with E-state index in [2.05, 4.69) is 9.97 Å². The molecule has 4 nitrogen and oxygen atoms in total. The summed E-state index contributed by atoms with van der Waals surface area (Å²) < 4.78 is 38.3. The molecule has 0 aliphatic heterocycles. The van der Waals surface area contributed by atoms with E-state index in [0.29, 0.717) is 28.3 Å². The number of aromatic nitrogens is 2. The summed E-state index contributed by atoms with van der Waals surface area (Å²) in [6, 6.07) is 3.13. The van der Waals surface area contributed by atoms with E-state index in [9.17, 15) is 18.0 Å². The molecule has 0 aromatic carbocycles. The molecule has 0 radical (unpaired) electrons. The van der Waals surface area contributed by atoms with Gasteiger partial charge in [0.2, 0.25) is 0 Å². The average molecular weight is 302 g/mol. The van der Waals surface area contributed by atoms with Crippen molar-refractivity contribution >= 4 is 17.3 Å². The van der Waals surface area contributed by atoms with E-state index in [4.69, 9.17) is 5.11 Å². The van der Waals surface area contributed by atoms with E-state index in [-0.39, 0.29) is 5.01 Å². The number of halogens is 3. The monoisotopic (exact) mass is 302 g/mol. The molecule has 0 saturated heterocycles. The van der Waals surface area contributed by atoms with E-state index in [1.54, 1.807) is 26.0 Å². The normalized spacial score (nSPS) is 11.7. The second-order valence-corrected chi connectivity index (χ2v) is 5.14. The Hall–Kier alpha value is -1.96. The van der Waals surface area contributed by atoms with Crippen LogP contribution < -0.4 is 0 Å². The Morgan fingerprint density at radius 3 is 2.15 bits per heavy atom. The highest BCUT2D eigenvalue weighted by molar-refractivity contribution is 7.17. The van der Waals surface area contributed by atoms with Crippen molar-refractivity contribution in [2.45, 2.75) is 20.0 Å². The lowest BCUT2D eigenvalue weighted by Crippen LogP contribution is -2.11. The zero-order valence-corrected chi connectivity index (χ0v) is 11.3. The number of aromatic carboxylic acids is 1. The summed E-state index contributed by atoms with van der Waals surface area (Å²) in [4.78, 5) is 17.7. The molecule has 2 heterocycles. The first kappa shape index (κ1) is 14.4. The molecule has 106 valence electrons. The summed E-state index contributed by atoms with van der Waals surface area (Å²) in [6.45, 7) is 3.40. The van der Waals surface area contributed by atoms with Crippen LogP contribution in [-0.4, -0.2) is 21.0 Å². The minimum Gasteiger partial charge on any atom is -0.477 e. The average Bonchev–Trinajstić information content (AvgIpc) is 2.71. The number of rotatable bonds is 2. The van der Waals surface area contributed by atoms with Crippen LogP contribution in [0.5, 0.6) is 0 Å². The number of nitrogens with zero attached hydrogens (tertiary/aromatic N) is 2. The summed E-state index contributed by atoms with van der Waals surface area (Å²) in [5.74, 6) is -1.64. The van der Waals surface area contributed by atoms with Crippen LogP contribution in [0, 0.1) is 13.8 Å². The molecule has 0 fully saturated rings. The van der Waals surface area contributed by atoms with Crippen molar-refractivity contribution in [3.8, 4) is 10.6 Å². The molecule has 20 heavy (non-hydrogen) atoms. The zero-order chi connectivity index (χ0) is 15.1. The maximum Gasteiger partial charge on any atom is 0.435 e. The van der Waals surface area contributed by atoms with Crippen molar-refractivity contribution in [1.82, 2.24) is 9.97 Å². The summed E-state index contributed by atoms with van der Waals surface area (Å²) in [5, 5.41) is 8.87. The minimum atomic E-state index is -4.79. The molecule has 0 unspecified atom stereocenters. The van der Waals surface area contributed by atoms with Gasteiger partial charge in [0.25, 0.3) is 0 Å². The molecule has 2 rings (SSSR count). The molecule has 2 aromatic rings. The molecular weight excluding hydrogens is 293 g/mol. The molecule has 0 spiro atoms. The third-order valence-corrected chi connectivity index (χ3v) is 3.51. The van der Waals surface area contributed by atoms with Gasteiger partial charge in [-0.15, -0.1) is 11.3 Å². The van der Waals surface area contributed by atoms with Crippen molar-refractivity contribution in [2.75, 3.05) is 0 Å². The smallest absolute Gasteiger partial charge is 0.435 e. The molecule has 0 amide bonds. The van der Waals surface area contributed by atoms with Crippen molar-refractivity contribution in [3.63, 3.8) is 0 Å². The Bertz CT molecular complexity index is 660. The fourth-order valence-electron chi connectivity index (χ4n) is 1.74. The van der Waals surface area contributed by atoms with Gasteiger partial charge in [-0.25, -0.2) is 9.78 Å². The van der Waals surface area contributed by atoms with Crippen LogP contribution in [0.1, 0.15) is 26.8 Å². The van der Waals surface area contributed by atoms with E-state index >= 15 is 0 Å². The van der Waals surface area contributed by atoms with Crippen LogP contribution in [0.15, 0.2) is 12.1 Å². The van der Waals surface area contributed by atoms with E-state index in [0.717, 1.165) is 0 Å². The van der Waals surface area contributed by atoms with E-state index in [1.165, 1.54) is 0 Å². The lowest BCUT2D eigenvalue weighted by molar-refractivity contribution is -0.141. The highest BCUT2D eigenvalue weighted by Crippen LogP contribution is 2.37. The summed E-state index contributed by atoms with van der Waals surface area (Å²) in [5.41, 5.74) is 0.316. The molecule has 1 N–H and O–H groups in total. The minimum absolute atomic E-state index is 0.0170. The van der Waals surface area contributed by atoms with Crippen LogP contribution in [-0.2, 0) is 6.18 Å². The predicted octanol–water partition coefficient (Wildman–Crippen LogP) is 3.54. The van der Waals surface area contributed by atoms with Gasteiger partial charge in [-0.2, -0.15) is 13.2 Å². The van der Waals surface area contributed by atoms with Crippen LogP contribution in [0.4, 0.5) is 13.2 Å². The largest absolute Gasteiger partial charge is 0.477 e. The first-order valence-corrected chi connectivity index (χ1v) is 6.27. The fourth-order valence-corrected chi connectivity index (χ4v) is 2.65. The molecule has 2 aromatic heterocycles. The number of aryl methyl sites for hydroxylation is 2. The van der Waals surface area contributed by atoms with Crippen LogP contribution in [0.3, 0.4) is 0 Å². The highest BCUT2D eigenvalue weighted by atomic mass is 32.1. The Morgan fingerprint density at radius 2 is 1.75 bits per heavy atom. The Labute approximate surface area is 115 Å². The maximum absolute atomic E-state index is 12.8. The summed E-state index contributed by atoms with van der Waals surface area (Å²) >= 11 is 0.507.